The van der Waals surface area contributed by atoms with Gasteiger partial charge in [-0.25, -0.2) is 0 Å². The van der Waals surface area contributed by atoms with Crippen LogP contribution < -0.4 is 0 Å². The zero-order valence-corrected chi connectivity index (χ0v) is 16.1. The molecule has 0 saturated carbocycles. The van der Waals surface area contributed by atoms with Crippen LogP contribution in [0.25, 0.3) is 11.4 Å². The average Bonchev–Trinajstić information content (AvgIpc) is 3.03. The van der Waals surface area contributed by atoms with Crippen molar-refractivity contribution in [2.45, 2.75) is 11.7 Å². The minimum atomic E-state index is 0.00382. The second kappa shape index (κ2) is 8.54. The Morgan fingerprint density at radius 1 is 1.12 bits per heavy atom. The van der Waals surface area contributed by atoms with Crippen LogP contribution in [0.15, 0.2) is 66.3 Å². The van der Waals surface area contributed by atoms with Gasteiger partial charge in [-0.05, 0) is 36.4 Å². The molecule has 0 atom stereocenters. The number of allylic oxidation sites excluding steroid dienone is 1. The molecule has 1 aromatic heterocycles. The second-order valence-corrected chi connectivity index (χ2v) is 7.25. The van der Waals surface area contributed by atoms with Crippen LogP contribution in [0.5, 0.6) is 0 Å². The molecule has 0 aliphatic heterocycles. The number of Topliss-reactive ketones (excluding diaryl/α,β-unsaturated/α-hetero) is 1. The number of nitrogens with zero attached hydrogens (tertiary/aromatic N) is 3. The van der Waals surface area contributed by atoms with Gasteiger partial charge in [0.1, 0.15) is 0 Å². The molecule has 0 aliphatic rings. The highest BCUT2D eigenvalue weighted by atomic mass is 35.5. The molecule has 0 radical (unpaired) electrons. The van der Waals surface area contributed by atoms with Gasteiger partial charge >= 0.3 is 0 Å². The van der Waals surface area contributed by atoms with Crippen molar-refractivity contribution >= 4 is 40.7 Å². The summed E-state index contributed by atoms with van der Waals surface area (Å²) in [5.74, 6) is 0.949. The zero-order chi connectivity index (χ0) is 18.5. The summed E-state index contributed by atoms with van der Waals surface area (Å²) in [5, 5.41) is 10.4. The normalized spacial score (nSPS) is 10.7. The number of hydrogen-bond donors (Lipinski definition) is 0. The Labute approximate surface area is 165 Å². The van der Waals surface area contributed by atoms with E-state index in [1.807, 2.05) is 22.8 Å². The molecular formula is C19H15Cl2N3OS. The number of halogens is 2. The Hall–Kier alpha value is -2.08. The summed E-state index contributed by atoms with van der Waals surface area (Å²) in [6.07, 6.45) is 1.77. The highest BCUT2D eigenvalue weighted by molar-refractivity contribution is 7.99. The van der Waals surface area contributed by atoms with E-state index in [-0.39, 0.29) is 11.5 Å². The predicted molar refractivity (Wildman–Crippen MR) is 107 cm³/mol. The van der Waals surface area contributed by atoms with Gasteiger partial charge in [-0.2, -0.15) is 0 Å². The van der Waals surface area contributed by atoms with E-state index >= 15 is 0 Å². The van der Waals surface area contributed by atoms with Crippen LogP contribution in [0.2, 0.25) is 10.0 Å². The molecule has 3 aromatic rings. The van der Waals surface area contributed by atoms with Gasteiger partial charge in [-0.1, -0.05) is 53.2 Å². The van der Waals surface area contributed by atoms with Gasteiger partial charge in [0.2, 0.25) is 0 Å². The minimum absolute atomic E-state index is 0.00382. The van der Waals surface area contributed by atoms with Crippen LogP contribution in [0.3, 0.4) is 0 Å². The second-order valence-electron chi connectivity index (χ2n) is 5.43. The van der Waals surface area contributed by atoms with Crippen molar-refractivity contribution in [3.05, 3.63) is 76.8 Å². The van der Waals surface area contributed by atoms with E-state index in [9.17, 15) is 4.79 Å². The third-order valence-electron chi connectivity index (χ3n) is 3.61. The number of benzene rings is 2. The van der Waals surface area contributed by atoms with Gasteiger partial charge in [0.05, 0.1) is 5.75 Å². The Bertz CT molecular complexity index is 938. The summed E-state index contributed by atoms with van der Waals surface area (Å²) in [6, 6.07) is 14.3. The average molecular weight is 404 g/mol. The fraction of sp³-hybridized carbons (Fsp3) is 0.105. The summed E-state index contributed by atoms with van der Waals surface area (Å²) in [6.45, 7) is 4.32. The lowest BCUT2D eigenvalue weighted by molar-refractivity contribution is 0.102. The molecule has 0 N–H and O–H groups in total. The van der Waals surface area contributed by atoms with Crippen LogP contribution in [0, 0.1) is 0 Å². The highest BCUT2D eigenvalue weighted by Crippen LogP contribution is 2.26. The molecular weight excluding hydrogens is 389 g/mol. The first-order valence-corrected chi connectivity index (χ1v) is 9.54. The van der Waals surface area contributed by atoms with E-state index in [1.165, 1.54) is 11.8 Å². The minimum Gasteiger partial charge on any atom is -0.298 e. The molecule has 26 heavy (non-hydrogen) atoms. The number of carbonyl (C=O) groups is 1. The maximum Gasteiger partial charge on any atom is 0.192 e. The molecule has 0 spiro atoms. The van der Waals surface area contributed by atoms with Crippen molar-refractivity contribution in [1.29, 1.82) is 0 Å². The van der Waals surface area contributed by atoms with Crippen LogP contribution >= 0.6 is 35.0 Å². The Balaban J connectivity index is 1.80. The quantitative estimate of drug-likeness (QED) is 0.300. The lowest BCUT2D eigenvalue weighted by Gasteiger charge is -2.08. The first-order chi connectivity index (χ1) is 12.6. The molecule has 0 unspecified atom stereocenters. The smallest absolute Gasteiger partial charge is 0.192 e. The number of ketones is 1. The van der Waals surface area contributed by atoms with Gasteiger partial charge in [-0.15, -0.1) is 16.8 Å². The monoisotopic (exact) mass is 403 g/mol. The highest BCUT2D eigenvalue weighted by Gasteiger charge is 2.15. The summed E-state index contributed by atoms with van der Waals surface area (Å²) in [7, 11) is 0. The Morgan fingerprint density at radius 3 is 2.58 bits per heavy atom. The largest absolute Gasteiger partial charge is 0.298 e. The van der Waals surface area contributed by atoms with Crippen molar-refractivity contribution in [2.24, 2.45) is 0 Å². The molecule has 0 fully saturated rings. The molecule has 2 aromatic carbocycles. The van der Waals surface area contributed by atoms with Gasteiger partial charge in [-0.3, -0.25) is 9.36 Å². The standard InChI is InChI=1S/C19H15Cl2N3OS/c1-2-10-24-18(14-4-3-5-16(21)11-14)22-23-19(24)26-12-17(25)13-6-8-15(20)9-7-13/h2-9,11H,1,10,12H2. The molecule has 0 saturated heterocycles. The van der Waals surface area contributed by atoms with E-state index < -0.39 is 0 Å². The molecule has 0 amide bonds. The van der Waals surface area contributed by atoms with Gasteiger partial charge in [0, 0.05) is 27.7 Å². The third kappa shape index (κ3) is 4.36. The van der Waals surface area contributed by atoms with Crippen molar-refractivity contribution < 1.29 is 4.79 Å². The molecule has 1 heterocycles. The van der Waals surface area contributed by atoms with Crippen LogP contribution in [-0.2, 0) is 6.54 Å². The third-order valence-corrected chi connectivity index (χ3v) is 5.06. The van der Waals surface area contributed by atoms with Crippen LogP contribution in [-0.4, -0.2) is 26.3 Å². The first-order valence-electron chi connectivity index (χ1n) is 7.80. The predicted octanol–water partition coefficient (Wildman–Crippen LogP) is 5.41. The van der Waals surface area contributed by atoms with Gasteiger partial charge in [0.15, 0.2) is 16.8 Å². The van der Waals surface area contributed by atoms with Crippen molar-refractivity contribution in [3.63, 3.8) is 0 Å². The summed E-state index contributed by atoms with van der Waals surface area (Å²) >= 11 is 13.3. The van der Waals surface area contributed by atoms with E-state index in [1.54, 1.807) is 36.4 Å². The number of rotatable bonds is 7. The Kier molecular flexibility index (Phi) is 6.14. The molecule has 4 nitrogen and oxygen atoms in total. The lowest BCUT2D eigenvalue weighted by Crippen LogP contribution is -2.05. The zero-order valence-electron chi connectivity index (χ0n) is 13.7. The van der Waals surface area contributed by atoms with Gasteiger partial charge in [0.25, 0.3) is 0 Å². The summed E-state index contributed by atoms with van der Waals surface area (Å²) in [4.78, 5) is 12.4. The Morgan fingerprint density at radius 2 is 1.88 bits per heavy atom. The fourth-order valence-corrected chi connectivity index (χ4v) is 3.54. The van der Waals surface area contributed by atoms with Crippen molar-refractivity contribution in [1.82, 2.24) is 14.8 Å². The SMILES string of the molecule is C=CCn1c(SCC(=O)c2ccc(Cl)cc2)nnc1-c1cccc(Cl)c1. The molecule has 0 aliphatic carbocycles. The fourth-order valence-electron chi connectivity index (χ4n) is 2.38. The number of aromatic nitrogens is 3. The van der Waals surface area contributed by atoms with Crippen LogP contribution in [0.4, 0.5) is 0 Å². The summed E-state index contributed by atoms with van der Waals surface area (Å²) < 4.78 is 1.92. The molecule has 3 rings (SSSR count). The van der Waals surface area contributed by atoms with Crippen LogP contribution in [0.1, 0.15) is 10.4 Å². The number of hydrogen-bond acceptors (Lipinski definition) is 4. The van der Waals surface area contributed by atoms with E-state index in [2.05, 4.69) is 16.8 Å². The maximum atomic E-state index is 12.4. The number of carbonyl (C=O) groups excluding carboxylic acids is 1. The maximum absolute atomic E-state index is 12.4. The summed E-state index contributed by atoms with van der Waals surface area (Å²) in [5.41, 5.74) is 1.48. The van der Waals surface area contributed by atoms with Crippen molar-refractivity contribution in [2.75, 3.05) is 5.75 Å². The van der Waals surface area contributed by atoms with Crippen molar-refractivity contribution in [3.8, 4) is 11.4 Å². The molecule has 0 bridgehead atoms. The van der Waals surface area contributed by atoms with Gasteiger partial charge < -0.3 is 0 Å². The lowest BCUT2D eigenvalue weighted by atomic mass is 10.1. The van der Waals surface area contributed by atoms with E-state index in [4.69, 9.17) is 23.2 Å². The molecule has 7 heteroatoms. The van der Waals surface area contributed by atoms with E-state index in [0.717, 1.165) is 5.56 Å². The molecule has 132 valence electrons. The van der Waals surface area contributed by atoms with E-state index in [0.29, 0.717) is 33.1 Å². The first kappa shape index (κ1) is 18.7. The topological polar surface area (TPSA) is 47.8 Å². The number of thioether (sulfide) groups is 1.